The summed E-state index contributed by atoms with van der Waals surface area (Å²) >= 11 is 0. The Morgan fingerprint density at radius 3 is 1.22 bits per heavy atom. The second-order valence-electron chi connectivity index (χ2n) is 21.3. The van der Waals surface area contributed by atoms with E-state index in [1.165, 1.54) is 84.9 Å². The molecule has 0 unspecified atom stereocenters. The van der Waals surface area contributed by atoms with Gasteiger partial charge in [-0.2, -0.15) is 0 Å². The highest BCUT2D eigenvalue weighted by molar-refractivity contribution is 6.10. The van der Waals surface area contributed by atoms with Crippen molar-refractivity contribution in [2.45, 2.75) is 6.61 Å². The number of phenolic OH excluding ortho intramolecular Hbond substituents is 2. The van der Waals surface area contributed by atoms with Gasteiger partial charge in [-0.3, -0.25) is 57.7 Å². The average Bonchev–Trinajstić information content (AvgIpc) is 0.750. The molecule has 34 heteroatoms. The van der Waals surface area contributed by atoms with Crippen LogP contribution in [0.3, 0.4) is 0 Å². The summed E-state index contributed by atoms with van der Waals surface area (Å²) in [5, 5.41) is 116. The summed E-state index contributed by atoms with van der Waals surface area (Å²) in [6, 6.07) is 20.7. The predicted octanol–water partition coefficient (Wildman–Crippen LogP) is 3.72. The van der Waals surface area contributed by atoms with Crippen molar-refractivity contribution in [2.24, 2.45) is 0 Å². The first-order chi connectivity index (χ1) is 46.5. The predicted molar refractivity (Wildman–Crippen MR) is 337 cm³/mol. The van der Waals surface area contributed by atoms with Crippen molar-refractivity contribution >= 4 is 93.0 Å². The van der Waals surface area contributed by atoms with Crippen molar-refractivity contribution in [3.8, 4) is 62.1 Å². The molecule has 0 saturated heterocycles. The fourth-order valence-corrected chi connectivity index (χ4v) is 10.3. The molecule has 0 atom stereocenters. The van der Waals surface area contributed by atoms with Crippen LogP contribution >= 0.6 is 0 Å². The third-order valence-electron chi connectivity index (χ3n) is 14.1. The SMILES string of the molecule is O=C(O)CN(CCOCCOc1cc(C(=O)O)c(-c2c3ccc(=O)cc-3oc3cc(O)ccc23)cc1N(CC(=O)O)CC(=O)O)CC(=O)O.O=C(O)CN(CCOCOCc1cc(-c2c3ccc(=O)cc-3oc3cc(O)ccc23)c(C(=O)O)cc1N(CC(=O)O)CC(=O)O)CC(=O)O. The van der Waals surface area contributed by atoms with Crippen molar-refractivity contribution in [3.63, 3.8) is 0 Å². The lowest BCUT2D eigenvalue weighted by atomic mass is 9.89. The molecule has 516 valence electrons. The number of hydrogen-bond acceptors (Lipinski definition) is 24. The molecule has 2 aliphatic carbocycles. The number of carboxylic acid groups (broad SMARTS) is 10. The Labute approximate surface area is 549 Å². The molecular weight excluding hydrogens is 1300 g/mol. The molecule has 2 aliphatic heterocycles. The third kappa shape index (κ3) is 19.9. The minimum absolute atomic E-state index is 0.0148. The van der Waals surface area contributed by atoms with E-state index in [0.29, 0.717) is 16.3 Å². The minimum atomic E-state index is -1.45. The molecule has 4 aromatic rings. The maximum absolute atomic E-state index is 12.7. The minimum Gasteiger partial charge on any atom is -0.508 e. The second kappa shape index (κ2) is 33.2. The van der Waals surface area contributed by atoms with Crippen LogP contribution in [0, 0.1) is 0 Å². The fourth-order valence-electron chi connectivity index (χ4n) is 10.3. The van der Waals surface area contributed by atoms with E-state index in [-0.39, 0.29) is 142 Å². The van der Waals surface area contributed by atoms with Crippen molar-refractivity contribution in [3.05, 3.63) is 134 Å². The van der Waals surface area contributed by atoms with Gasteiger partial charge in [0.25, 0.3) is 0 Å². The lowest BCUT2D eigenvalue weighted by molar-refractivity contribution is -0.144. The summed E-state index contributed by atoms with van der Waals surface area (Å²) in [5.74, 6) is -13.9. The maximum atomic E-state index is 12.7. The number of carbonyl (C=O) groups is 10. The molecule has 0 bridgehead atoms. The van der Waals surface area contributed by atoms with Crippen molar-refractivity contribution in [1.29, 1.82) is 0 Å². The summed E-state index contributed by atoms with van der Waals surface area (Å²) in [4.78, 5) is 145. The van der Waals surface area contributed by atoms with Crippen molar-refractivity contribution in [2.75, 3.05) is 108 Å². The standard InChI is InChI=1S/2C32H30N2O15/c35-18-1-3-20-25(8-18)49-26-9-19(36)2-4-21(26)31(20)22-7-17(15-48-16-47-6-5-33(11-27(37)38)12-28(39)40)24(10-23(22)32(45)46)34(13-29(41)42)14-30(43)44;35-17-1-3-19-24(9-17)49-25-10-18(36)2-4-20(25)31(19)21-11-23(34(15-29(41)42)16-30(43)44)26(12-22(21)32(45)46)48-8-7-47-6-5-33(13-27(37)38)14-28(39)40/h1-4,7-10,35H,5-6,11-16H2,(H,37,38)(H,39,40)(H,41,42)(H,43,44)(H,45,46);1-4,9-12,35H,5-8,13-16H2,(H,37,38)(H,39,40)(H,41,42)(H,43,44)(H,45,46). The lowest BCUT2D eigenvalue weighted by Crippen LogP contribution is -2.37. The lowest BCUT2D eigenvalue weighted by Gasteiger charge is -2.26. The summed E-state index contributed by atoms with van der Waals surface area (Å²) in [6.07, 6.45) is 0. The maximum Gasteiger partial charge on any atom is 0.336 e. The zero-order valence-corrected chi connectivity index (χ0v) is 51.1. The van der Waals surface area contributed by atoms with Gasteiger partial charge in [-0.25, -0.2) is 9.59 Å². The number of hydrogen-bond donors (Lipinski definition) is 12. The van der Waals surface area contributed by atoms with Gasteiger partial charge in [-0.1, -0.05) is 0 Å². The first kappa shape index (κ1) is 73.2. The van der Waals surface area contributed by atoms with Crippen LogP contribution in [0.5, 0.6) is 17.2 Å². The molecule has 98 heavy (non-hydrogen) atoms. The van der Waals surface area contributed by atoms with Gasteiger partial charge in [-0.15, -0.1) is 0 Å². The van der Waals surface area contributed by atoms with E-state index >= 15 is 0 Å². The molecule has 4 aliphatic rings. The van der Waals surface area contributed by atoms with Crippen LogP contribution in [0.15, 0.2) is 115 Å². The normalized spacial score (nSPS) is 11.2. The van der Waals surface area contributed by atoms with E-state index in [1.54, 1.807) is 0 Å². The molecule has 8 rings (SSSR count). The first-order valence-electron chi connectivity index (χ1n) is 28.7. The zero-order valence-electron chi connectivity index (χ0n) is 51.1. The van der Waals surface area contributed by atoms with Crippen LogP contribution in [0.2, 0.25) is 0 Å². The Bertz CT molecular complexity index is 4360. The second-order valence-corrected chi connectivity index (χ2v) is 21.3. The fraction of sp³-hybridized carbons (Fsp3) is 0.250. The highest BCUT2D eigenvalue weighted by Gasteiger charge is 2.30. The van der Waals surface area contributed by atoms with Crippen molar-refractivity contribution in [1.82, 2.24) is 9.80 Å². The number of aromatic carboxylic acids is 2. The molecule has 4 aromatic carbocycles. The number of phenols is 2. The van der Waals surface area contributed by atoms with Crippen LogP contribution in [-0.2, 0) is 59.2 Å². The molecule has 0 radical (unpaired) electrons. The van der Waals surface area contributed by atoms with E-state index in [4.69, 9.17) is 48.2 Å². The Balaban J connectivity index is 0.000000276. The van der Waals surface area contributed by atoms with Gasteiger partial charge in [0, 0.05) is 81.6 Å². The molecule has 0 saturated carbocycles. The Morgan fingerprint density at radius 1 is 0.388 bits per heavy atom. The number of rotatable bonds is 36. The molecule has 12 N–H and O–H groups in total. The topological polar surface area (TPSA) is 524 Å². The van der Waals surface area contributed by atoms with E-state index < -0.39 is 130 Å². The molecule has 2 heterocycles. The monoisotopic (exact) mass is 1360 g/mol. The van der Waals surface area contributed by atoms with E-state index in [9.17, 15) is 98.4 Å². The van der Waals surface area contributed by atoms with Gasteiger partial charge in [0.1, 0.15) is 79.5 Å². The molecule has 0 amide bonds. The van der Waals surface area contributed by atoms with Crippen LogP contribution in [-0.4, -0.2) is 229 Å². The number of aliphatic carboxylic acids is 8. The summed E-state index contributed by atoms with van der Waals surface area (Å²) in [5.41, 5.74) is -0.237. The van der Waals surface area contributed by atoms with Gasteiger partial charge < -0.3 is 98.9 Å². The Hall–Kier alpha value is -12.2. The zero-order chi connectivity index (χ0) is 71.7. The number of carboxylic acids is 10. The molecule has 0 aromatic heterocycles. The molecule has 34 nitrogen and oxygen atoms in total. The third-order valence-corrected chi connectivity index (χ3v) is 14.1. The Kier molecular flexibility index (Phi) is 24.8. The number of nitrogens with zero attached hydrogens (tertiary/aromatic N) is 4. The smallest absolute Gasteiger partial charge is 0.336 e. The summed E-state index contributed by atoms with van der Waals surface area (Å²) in [7, 11) is 0. The molecule has 0 spiro atoms. The summed E-state index contributed by atoms with van der Waals surface area (Å²) < 4.78 is 33.9. The van der Waals surface area contributed by atoms with Crippen LogP contribution < -0.4 is 25.4 Å². The van der Waals surface area contributed by atoms with Crippen molar-refractivity contribution < 1.29 is 137 Å². The van der Waals surface area contributed by atoms with Gasteiger partial charge in [0.2, 0.25) is 0 Å². The molecule has 0 fully saturated rings. The van der Waals surface area contributed by atoms with Gasteiger partial charge in [-0.05, 0) is 83.9 Å². The highest BCUT2D eigenvalue weighted by Crippen LogP contribution is 2.47. The van der Waals surface area contributed by atoms with E-state index in [0.717, 1.165) is 31.7 Å². The number of benzene rings is 6. The van der Waals surface area contributed by atoms with Crippen LogP contribution in [0.1, 0.15) is 26.3 Å². The van der Waals surface area contributed by atoms with Crippen LogP contribution in [0.4, 0.5) is 11.4 Å². The number of aromatic hydroxyl groups is 2. The Morgan fingerprint density at radius 2 is 0.796 bits per heavy atom. The van der Waals surface area contributed by atoms with Gasteiger partial charge in [0.15, 0.2) is 10.9 Å². The van der Waals surface area contributed by atoms with E-state index in [1.807, 2.05) is 0 Å². The first-order valence-corrected chi connectivity index (χ1v) is 28.7. The number of ether oxygens (including phenoxy) is 4. The van der Waals surface area contributed by atoms with E-state index in [2.05, 4.69) is 0 Å². The highest BCUT2D eigenvalue weighted by atomic mass is 16.7. The van der Waals surface area contributed by atoms with Gasteiger partial charge >= 0.3 is 59.7 Å². The largest absolute Gasteiger partial charge is 0.508 e. The summed E-state index contributed by atoms with van der Waals surface area (Å²) in [6.45, 7) is -7.05. The molecular formula is C64H60N4O30. The quantitative estimate of drug-likeness (QED) is 0.0151. The van der Waals surface area contributed by atoms with Crippen LogP contribution in [0.25, 0.3) is 66.8 Å². The van der Waals surface area contributed by atoms with Gasteiger partial charge in [0.05, 0.1) is 69.4 Å². The number of fused-ring (bicyclic) bond motifs is 4. The number of anilines is 2. The average molecular weight is 1370 g/mol.